The number of carboxylic acids is 1. The van der Waals surface area contributed by atoms with Gasteiger partial charge in [-0.3, -0.25) is 14.9 Å². The molecule has 0 saturated heterocycles. The third-order valence-electron chi connectivity index (χ3n) is 2.22. The molecule has 0 heterocycles. The molecule has 0 aliphatic carbocycles. The van der Waals surface area contributed by atoms with Crippen molar-refractivity contribution in [3.05, 3.63) is 32.8 Å². The molecule has 1 N–H and O–H groups in total. The summed E-state index contributed by atoms with van der Waals surface area (Å²) in [7, 11) is 0. The third kappa shape index (κ3) is 3.71. The first-order chi connectivity index (χ1) is 8.32. The van der Waals surface area contributed by atoms with Gasteiger partial charge in [0.05, 0.1) is 9.82 Å². The van der Waals surface area contributed by atoms with Crippen molar-refractivity contribution in [2.24, 2.45) is 5.92 Å². The molecule has 0 radical (unpaired) electrons. The number of hydrogen-bond acceptors (Lipinski definition) is 4. The number of thioether (sulfide) groups is 1. The van der Waals surface area contributed by atoms with E-state index < -0.39 is 16.1 Å². The van der Waals surface area contributed by atoms with Gasteiger partial charge in [-0.05, 0) is 18.1 Å². The molecular formula is C11H12BrNO4S. The van der Waals surface area contributed by atoms with Gasteiger partial charge >= 0.3 is 5.97 Å². The minimum atomic E-state index is -0.968. The van der Waals surface area contributed by atoms with Crippen LogP contribution in [0.3, 0.4) is 0 Å². The van der Waals surface area contributed by atoms with Crippen molar-refractivity contribution >= 4 is 39.3 Å². The van der Waals surface area contributed by atoms with Crippen LogP contribution in [0.15, 0.2) is 27.6 Å². The van der Waals surface area contributed by atoms with E-state index in [0.29, 0.717) is 9.37 Å². The number of nitrogens with zero attached hydrogens (tertiary/aromatic N) is 1. The summed E-state index contributed by atoms with van der Waals surface area (Å²) in [6.45, 7) is 3.55. The molecule has 1 unspecified atom stereocenters. The van der Waals surface area contributed by atoms with E-state index in [-0.39, 0.29) is 11.6 Å². The second-order valence-electron chi connectivity index (χ2n) is 3.99. The fraction of sp³-hybridized carbons (Fsp3) is 0.364. The first-order valence-corrected chi connectivity index (χ1v) is 6.83. The van der Waals surface area contributed by atoms with Gasteiger partial charge < -0.3 is 5.11 Å². The van der Waals surface area contributed by atoms with Crippen molar-refractivity contribution in [1.82, 2.24) is 0 Å². The van der Waals surface area contributed by atoms with Crippen LogP contribution in [0.1, 0.15) is 13.8 Å². The fourth-order valence-electron chi connectivity index (χ4n) is 1.34. The molecule has 0 aromatic heterocycles. The van der Waals surface area contributed by atoms with Crippen molar-refractivity contribution in [2.45, 2.75) is 24.0 Å². The number of carboxylic acid groups (broad SMARTS) is 1. The summed E-state index contributed by atoms with van der Waals surface area (Å²) in [5, 5.41) is 19.3. The first-order valence-electron chi connectivity index (χ1n) is 5.16. The van der Waals surface area contributed by atoms with Crippen molar-refractivity contribution in [3.8, 4) is 0 Å². The Hall–Kier alpha value is -1.08. The number of carbonyl (C=O) groups is 1. The number of benzene rings is 1. The van der Waals surface area contributed by atoms with E-state index >= 15 is 0 Å². The molecule has 1 aromatic carbocycles. The first kappa shape index (κ1) is 15.0. The molecule has 0 fully saturated rings. The second kappa shape index (κ2) is 6.19. The zero-order chi connectivity index (χ0) is 13.9. The standard InChI is InChI=1S/C11H12BrNO4S/c1-6(2)10(11(14)15)18-9-5-7(12)3-4-8(9)13(16)17/h3-6,10H,1-2H3,(H,14,15). The Morgan fingerprint density at radius 2 is 2.11 bits per heavy atom. The van der Waals surface area contributed by atoms with E-state index in [4.69, 9.17) is 5.11 Å². The zero-order valence-corrected chi connectivity index (χ0v) is 12.2. The zero-order valence-electron chi connectivity index (χ0n) is 9.79. The largest absolute Gasteiger partial charge is 0.480 e. The number of rotatable bonds is 5. The Morgan fingerprint density at radius 1 is 1.50 bits per heavy atom. The predicted octanol–water partition coefficient (Wildman–Crippen LogP) is 3.56. The van der Waals surface area contributed by atoms with Crippen LogP contribution in [0.25, 0.3) is 0 Å². The molecule has 5 nitrogen and oxygen atoms in total. The van der Waals surface area contributed by atoms with Gasteiger partial charge in [0.2, 0.25) is 0 Å². The molecule has 18 heavy (non-hydrogen) atoms. The van der Waals surface area contributed by atoms with Crippen LogP contribution in [0.5, 0.6) is 0 Å². The number of hydrogen-bond donors (Lipinski definition) is 1. The van der Waals surface area contributed by atoms with Gasteiger partial charge in [0.15, 0.2) is 0 Å². The number of halogens is 1. The molecule has 7 heteroatoms. The van der Waals surface area contributed by atoms with E-state index in [1.54, 1.807) is 26.0 Å². The lowest BCUT2D eigenvalue weighted by Gasteiger charge is -2.15. The van der Waals surface area contributed by atoms with Gasteiger partial charge in [0.1, 0.15) is 5.25 Å². The molecule has 0 aliphatic heterocycles. The van der Waals surface area contributed by atoms with Crippen LogP contribution in [0.2, 0.25) is 0 Å². The normalized spacial score (nSPS) is 12.4. The molecule has 0 amide bonds. The van der Waals surface area contributed by atoms with Crippen molar-refractivity contribution < 1.29 is 14.8 Å². The average Bonchev–Trinajstić information content (AvgIpc) is 2.24. The highest BCUT2D eigenvalue weighted by molar-refractivity contribution is 9.10. The fourth-order valence-corrected chi connectivity index (χ4v) is 2.96. The van der Waals surface area contributed by atoms with Crippen LogP contribution in [-0.4, -0.2) is 21.2 Å². The maximum absolute atomic E-state index is 11.1. The van der Waals surface area contributed by atoms with Gasteiger partial charge in [-0.15, -0.1) is 11.8 Å². The molecule has 1 aromatic rings. The molecule has 0 aliphatic rings. The second-order valence-corrected chi connectivity index (χ2v) is 6.09. The number of nitro groups is 1. The van der Waals surface area contributed by atoms with E-state index in [1.807, 2.05) is 0 Å². The predicted molar refractivity (Wildman–Crippen MR) is 72.9 cm³/mol. The topological polar surface area (TPSA) is 80.4 Å². The van der Waals surface area contributed by atoms with Crippen LogP contribution in [0.4, 0.5) is 5.69 Å². The Labute approximate surface area is 117 Å². The highest BCUT2D eigenvalue weighted by Crippen LogP contribution is 2.36. The van der Waals surface area contributed by atoms with Crippen molar-refractivity contribution in [1.29, 1.82) is 0 Å². The molecule has 0 saturated carbocycles. The van der Waals surface area contributed by atoms with Crippen LogP contribution >= 0.6 is 27.7 Å². The Balaban J connectivity index is 3.12. The smallest absolute Gasteiger partial charge is 0.317 e. The summed E-state index contributed by atoms with van der Waals surface area (Å²) in [5.41, 5.74) is -0.0740. The van der Waals surface area contributed by atoms with Crippen molar-refractivity contribution in [2.75, 3.05) is 0 Å². The van der Waals surface area contributed by atoms with Gasteiger partial charge in [-0.1, -0.05) is 29.8 Å². The van der Waals surface area contributed by atoms with Crippen LogP contribution in [-0.2, 0) is 4.79 Å². The lowest BCUT2D eigenvalue weighted by atomic mass is 10.1. The molecule has 98 valence electrons. The minimum Gasteiger partial charge on any atom is -0.480 e. The maximum atomic E-state index is 11.1. The molecule has 0 bridgehead atoms. The monoisotopic (exact) mass is 333 g/mol. The Bertz CT molecular complexity index is 478. The van der Waals surface area contributed by atoms with Gasteiger partial charge in [0.25, 0.3) is 5.69 Å². The Kier molecular flexibility index (Phi) is 5.15. The molecule has 1 atom stereocenters. The summed E-state index contributed by atoms with van der Waals surface area (Å²) in [6.07, 6.45) is 0. The van der Waals surface area contributed by atoms with Gasteiger partial charge in [0, 0.05) is 10.5 Å². The highest BCUT2D eigenvalue weighted by Gasteiger charge is 2.26. The lowest BCUT2D eigenvalue weighted by Crippen LogP contribution is -2.22. The van der Waals surface area contributed by atoms with Gasteiger partial charge in [-0.2, -0.15) is 0 Å². The third-order valence-corrected chi connectivity index (χ3v) is 4.30. The van der Waals surface area contributed by atoms with Crippen LogP contribution < -0.4 is 0 Å². The average molecular weight is 334 g/mol. The molecular weight excluding hydrogens is 322 g/mol. The summed E-state index contributed by atoms with van der Waals surface area (Å²) >= 11 is 4.23. The lowest BCUT2D eigenvalue weighted by molar-refractivity contribution is -0.387. The summed E-state index contributed by atoms with van der Waals surface area (Å²) < 4.78 is 0.684. The van der Waals surface area contributed by atoms with E-state index in [9.17, 15) is 14.9 Å². The van der Waals surface area contributed by atoms with Gasteiger partial charge in [-0.25, -0.2) is 0 Å². The Morgan fingerprint density at radius 3 is 2.56 bits per heavy atom. The molecule has 0 spiro atoms. The SMILES string of the molecule is CC(C)C(Sc1cc(Br)ccc1[N+](=O)[O-])C(=O)O. The summed E-state index contributed by atoms with van der Waals surface area (Å²) in [5.74, 6) is -1.09. The number of aliphatic carboxylic acids is 1. The van der Waals surface area contributed by atoms with Crippen LogP contribution in [0, 0.1) is 16.0 Å². The highest BCUT2D eigenvalue weighted by atomic mass is 79.9. The number of nitro benzene ring substituents is 1. The maximum Gasteiger partial charge on any atom is 0.317 e. The minimum absolute atomic E-state index is 0.0740. The van der Waals surface area contributed by atoms with E-state index in [1.165, 1.54) is 6.07 Å². The quantitative estimate of drug-likeness (QED) is 0.506. The summed E-state index contributed by atoms with van der Waals surface area (Å²) in [6, 6.07) is 4.50. The van der Waals surface area contributed by atoms with E-state index in [2.05, 4.69) is 15.9 Å². The molecule has 1 rings (SSSR count). The van der Waals surface area contributed by atoms with Crippen molar-refractivity contribution in [3.63, 3.8) is 0 Å². The van der Waals surface area contributed by atoms with E-state index in [0.717, 1.165) is 11.8 Å². The summed E-state index contributed by atoms with van der Waals surface area (Å²) in [4.78, 5) is 21.8.